The Morgan fingerprint density at radius 3 is 2.33 bits per heavy atom. The number of hydrogen-bond donors (Lipinski definition) is 2. The summed E-state index contributed by atoms with van der Waals surface area (Å²) >= 11 is 0. The van der Waals surface area contributed by atoms with Gasteiger partial charge in [0.1, 0.15) is 5.75 Å². The summed E-state index contributed by atoms with van der Waals surface area (Å²) in [5.74, 6) is 1.62. The van der Waals surface area contributed by atoms with Crippen molar-refractivity contribution in [2.24, 2.45) is 4.99 Å². The van der Waals surface area contributed by atoms with Crippen LogP contribution in [0, 0.1) is 0 Å². The second kappa shape index (κ2) is 18.3. The van der Waals surface area contributed by atoms with E-state index in [4.69, 9.17) is 18.9 Å². The minimum Gasteiger partial charge on any atom is -0.497 e. The number of rotatable bonds is 14. The van der Waals surface area contributed by atoms with Gasteiger partial charge in [-0.25, -0.2) is 4.99 Å². The van der Waals surface area contributed by atoms with Crippen LogP contribution in [-0.4, -0.2) is 66.3 Å². The maximum absolute atomic E-state index is 5.47. The Morgan fingerprint density at radius 2 is 1.67 bits per heavy atom. The van der Waals surface area contributed by atoms with Crippen LogP contribution in [0.3, 0.4) is 0 Å². The van der Waals surface area contributed by atoms with E-state index in [1.165, 1.54) is 0 Å². The van der Waals surface area contributed by atoms with Crippen LogP contribution in [0.5, 0.6) is 5.75 Å². The smallest absolute Gasteiger partial charge is 0.191 e. The third-order valence-corrected chi connectivity index (χ3v) is 3.51. The molecule has 0 spiro atoms. The number of methoxy groups -OCH3 is 2. The number of nitrogens with zero attached hydrogens (tertiary/aromatic N) is 1. The van der Waals surface area contributed by atoms with Gasteiger partial charge >= 0.3 is 0 Å². The fourth-order valence-corrected chi connectivity index (χ4v) is 2.09. The first kappa shape index (κ1) is 25.9. The highest BCUT2D eigenvalue weighted by Crippen LogP contribution is 2.11. The number of ether oxygens (including phenoxy) is 4. The summed E-state index contributed by atoms with van der Waals surface area (Å²) in [5, 5.41) is 6.62. The molecule has 0 unspecified atom stereocenters. The van der Waals surface area contributed by atoms with Gasteiger partial charge in [-0.05, 0) is 31.0 Å². The Bertz CT molecular complexity index is 486. The lowest BCUT2D eigenvalue weighted by Gasteiger charge is -2.13. The standard InChI is InChI=1S/C19H33N3O4.HI/c1-4-25-12-5-10-20-19(21-11-13-26-15-14-23-2)22-16-17-6-8-18(24-3)9-7-17;/h6-9H,4-5,10-16H2,1-3H3,(H2,20,21,22);1H. The molecule has 0 aliphatic heterocycles. The zero-order chi connectivity index (χ0) is 18.9. The van der Waals surface area contributed by atoms with Crippen LogP contribution in [0.1, 0.15) is 18.9 Å². The molecule has 0 atom stereocenters. The van der Waals surface area contributed by atoms with Gasteiger partial charge in [0, 0.05) is 33.4 Å². The van der Waals surface area contributed by atoms with Gasteiger partial charge in [0.05, 0.1) is 33.5 Å². The topological polar surface area (TPSA) is 73.3 Å². The molecule has 0 saturated carbocycles. The van der Waals surface area contributed by atoms with E-state index in [-0.39, 0.29) is 24.0 Å². The molecule has 2 N–H and O–H groups in total. The largest absolute Gasteiger partial charge is 0.497 e. The van der Waals surface area contributed by atoms with Crippen molar-refractivity contribution in [1.82, 2.24) is 10.6 Å². The van der Waals surface area contributed by atoms with Crippen molar-refractivity contribution >= 4 is 29.9 Å². The molecule has 156 valence electrons. The summed E-state index contributed by atoms with van der Waals surface area (Å²) in [6.45, 7) is 7.38. The summed E-state index contributed by atoms with van der Waals surface area (Å²) < 4.78 is 21.0. The first-order valence-corrected chi connectivity index (χ1v) is 9.09. The first-order valence-electron chi connectivity index (χ1n) is 9.09. The summed E-state index contributed by atoms with van der Waals surface area (Å²) in [6, 6.07) is 7.92. The van der Waals surface area contributed by atoms with E-state index in [1.54, 1.807) is 14.2 Å². The summed E-state index contributed by atoms with van der Waals surface area (Å²) in [6.07, 6.45) is 0.932. The molecule has 0 radical (unpaired) electrons. The number of nitrogens with one attached hydrogen (secondary N) is 2. The molecule has 7 nitrogen and oxygen atoms in total. The van der Waals surface area contributed by atoms with E-state index >= 15 is 0 Å². The van der Waals surface area contributed by atoms with Crippen molar-refractivity contribution in [2.75, 3.05) is 60.3 Å². The Labute approximate surface area is 180 Å². The van der Waals surface area contributed by atoms with Crippen molar-refractivity contribution < 1.29 is 18.9 Å². The van der Waals surface area contributed by atoms with Crippen LogP contribution in [0.25, 0.3) is 0 Å². The molecular weight excluding hydrogens is 461 g/mol. The molecule has 0 bridgehead atoms. The fraction of sp³-hybridized carbons (Fsp3) is 0.632. The maximum atomic E-state index is 5.47. The molecule has 0 aliphatic rings. The van der Waals surface area contributed by atoms with Crippen LogP contribution in [0.15, 0.2) is 29.3 Å². The van der Waals surface area contributed by atoms with Crippen molar-refractivity contribution in [3.8, 4) is 5.75 Å². The van der Waals surface area contributed by atoms with Crippen molar-refractivity contribution in [3.63, 3.8) is 0 Å². The maximum Gasteiger partial charge on any atom is 0.191 e. The molecule has 27 heavy (non-hydrogen) atoms. The number of benzene rings is 1. The van der Waals surface area contributed by atoms with Gasteiger partial charge in [-0.15, -0.1) is 24.0 Å². The SMILES string of the molecule is CCOCCCNC(=NCc1ccc(OC)cc1)NCCOCCOC.I. The number of guanidine groups is 1. The minimum absolute atomic E-state index is 0. The molecule has 0 aromatic heterocycles. The van der Waals surface area contributed by atoms with Gasteiger partial charge in [-0.3, -0.25) is 0 Å². The van der Waals surface area contributed by atoms with Gasteiger partial charge in [-0.2, -0.15) is 0 Å². The zero-order valence-corrected chi connectivity index (χ0v) is 19.0. The lowest BCUT2D eigenvalue weighted by atomic mass is 10.2. The third-order valence-electron chi connectivity index (χ3n) is 3.51. The molecule has 1 aromatic rings. The van der Waals surface area contributed by atoms with Gasteiger partial charge in [-0.1, -0.05) is 12.1 Å². The summed E-state index contributed by atoms with van der Waals surface area (Å²) in [7, 11) is 3.33. The fourth-order valence-electron chi connectivity index (χ4n) is 2.09. The number of halogens is 1. The lowest BCUT2D eigenvalue weighted by molar-refractivity contribution is 0.0733. The van der Waals surface area contributed by atoms with E-state index in [2.05, 4.69) is 15.6 Å². The van der Waals surface area contributed by atoms with E-state index < -0.39 is 0 Å². The van der Waals surface area contributed by atoms with E-state index in [9.17, 15) is 0 Å². The number of aliphatic imine (C=N–C) groups is 1. The first-order chi connectivity index (χ1) is 12.8. The molecule has 1 rings (SSSR count). The number of hydrogen-bond acceptors (Lipinski definition) is 5. The molecule has 8 heteroatoms. The van der Waals surface area contributed by atoms with Crippen molar-refractivity contribution in [2.45, 2.75) is 19.9 Å². The average Bonchev–Trinajstić information content (AvgIpc) is 2.68. The molecular formula is C19H34IN3O4. The molecule has 1 aromatic carbocycles. The van der Waals surface area contributed by atoms with Gasteiger partial charge < -0.3 is 29.6 Å². The second-order valence-corrected chi connectivity index (χ2v) is 5.52. The predicted molar refractivity (Wildman–Crippen MR) is 119 cm³/mol. The van der Waals surface area contributed by atoms with E-state index in [0.717, 1.165) is 43.5 Å². The van der Waals surface area contributed by atoms with Gasteiger partial charge in [0.2, 0.25) is 0 Å². The van der Waals surface area contributed by atoms with E-state index in [0.29, 0.717) is 32.9 Å². The zero-order valence-electron chi connectivity index (χ0n) is 16.7. The van der Waals surface area contributed by atoms with Crippen LogP contribution in [-0.2, 0) is 20.8 Å². The van der Waals surface area contributed by atoms with Gasteiger partial charge in [0.15, 0.2) is 5.96 Å². The molecule has 0 fully saturated rings. The highest BCUT2D eigenvalue weighted by atomic mass is 127. The average molecular weight is 495 g/mol. The minimum atomic E-state index is 0. The Balaban J connectivity index is 0.00000676. The predicted octanol–water partition coefficient (Wildman–Crippen LogP) is 2.44. The normalized spacial score (nSPS) is 11.0. The van der Waals surface area contributed by atoms with Crippen LogP contribution >= 0.6 is 24.0 Å². The highest BCUT2D eigenvalue weighted by Gasteiger charge is 2.00. The quantitative estimate of drug-likeness (QED) is 0.179. The molecule has 0 amide bonds. The molecule has 0 aliphatic carbocycles. The Hall–Kier alpha value is -1.10. The van der Waals surface area contributed by atoms with Crippen molar-refractivity contribution in [3.05, 3.63) is 29.8 Å². The second-order valence-electron chi connectivity index (χ2n) is 5.52. The van der Waals surface area contributed by atoms with E-state index in [1.807, 2.05) is 31.2 Å². The Morgan fingerprint density at radius 1 is 0.926 bits per heavy atom. The van der Waals surface area contributed by atoms with Crippen molar-refractivity contribution in [1.29, 1.82) is 0 Å². The Kier molecular flexibility index (Phi) is 17.5. The van der Waals surface area contributed by atoms with Crippen LogP contribution < -0.4 is 15.4 Å². The monoisotopic (exact) mass is 495 g/mol. The summed E-state index contributed by atoms with van der Waals surface area (Å²) in [5.41, 5.74) is 1.12. The summed E-state index contributed by atoms with van der Waals surface area (Å²) in [4.78, 5) is 4.63. The molecule has 0 saturated heterocycles. The highest BCUT2D eigenvalue weighted by molar-refractivity contribution is 14.0. The van der Waals surface area contributed by atoms with Gasteiger partial charge in [0.25, 0.3) is 0 Å². The molecule has 0 heterocycles. The van der Waals surface area contributed by atoms with Crippen LogP contribution in [0.4, 0.5) is 0 Å². The van der Waals surface area contributed by atoms with Crippen LogP contribution in [0.2, 0.25) is 0 Å². The third kappa shape index (κ3) is 13.7. The lowest BCUT2D eigenvalue weighted by Crippen LogP contribution is -2.39.